The van der Waals surface area contributed by atoms with Crippen molar-refractivity contribution >= 4 is 38.9 Å². The molecule has 1 aliphatic rings. The van der Waals surface area contributed by atoms with Crippen molar-refractivity contribution in [2.24, 2.45) is 0 Å². The van der Waals surface area contributed by atoms with E-state index in [1.165, 1.54) is 6.20 Å². The van der Waals surface area contributed by atoms with Crippen LogP contribution in [0.4, 0.5) is 0 Å². The zero-order chi connectivity index (χ0) is 24.1. The second-order valence-electron chi connectivity index (χ2n) is 8.59. The molecule has 0 radical (unpaired) electrons. The van der Waals surface area contributed by atoms with E-state index < -0.39 is 17.9 Å². The quantitative estimate of drug-likeness (QED) is 0.336. The van der Waals surface area contributed by atoms with Crippen molar-refractivity contribution in [1.82, 2.24) is 34.4 Å². The van der Waals surface area contributed by atoms with Crippen molar-refractivity contribution in [3.8, 4) is 11.3 Å². The molecule has 1 fully saturated rings. The maximum Gasteiger partial charge on any atom is 0.329 e. The summed E-state index contributed by atoms with van der Waals surface area (Å²) in [5, 5.41) is 10.3. The topological polar surface area (TPSA) is 150 Å². The smallest absolute Gasteiger partial charge is 0.329 e. The Morgan fingerprint density at radius 1 is 1.11 bits per heavy atom. The van der Waals surface area contributed by atoms with Gasteiger partial charge in [-0.05, 0) is 37.1 Å². The van der Waals surface area contributed by atoms with Crippen LogP contribution < -0.4 is 11.2 Å². The number of H-pyrrole nitrogens is 2. The number of rotatable bonds is 3. The Hall–Kier alpha value is -4.38. The van der Waals surface area contributed by atoms with Crippen LogP contribution in [0.3, 0.4) is 0 Å². The first-order chi connectivity index (χ1) is 17.0. The second-order valence-corrected chi connectivity index (χ2v) is 8.59. The van der Waals surface area contributed by atoms with Crippen molar-refractivity contribution in [2.45, 2.75) is 18.9 Å². The predicted octanol–water partition coefficient (Wildman–Crippen LogP) is 1.33. The molecular weight excluding hydrogens is 450 g/mol. The van der Waals surface area contributed by atoms with E-state index in [-0.39, 0.29) is 17.3 Å². The number of nitrogens with one attached hydrogen (secondary N) is 2. The lowest BCUT2D eigenvalue weighted by Gasteiger charge is -2.33. The van der Waals surface area contributed by atoms with Crippen LogP contribution in [0.1, 0.15) is 18.9 Å². The van der Waals surface area contributed by atoms with E-state index >= 15 is 0 Å². The Bertz CT molecular complexity index is 1730. The number of hydrogen-bond donors (Lipinski definition) is 3. The third kappa shape index (κ3) is 3.39. The summed E-state index contributed by atoms with van der Waals surface area (Å²) in [4.78, 5) is 58.4. The number of nitrogens with zero attached hydrogens (tertiary/aromatic N) is 5. The van der Waals surface area contributed by atoms with Crippen LogP contribution in [0.15, 0.2) is 52.4 Å². The Balaban J connectivity index is 1.56. The van der Waals surface area contributed by atoms with Gasteiger partial charge in [0, 0.05) is 48.7 Å². The average Bonchev–Trinajstić information content (AvgIpc) is 3.32. The molecule has 6 rings (SSSR count). The van der Waals surface area contributed by atoms with Crippen molar-refractivity contribution in [3.05, 3.63) is 63.7 Å². The number of pyridine rings is 3. The van der Waals surface area contributed by atoms with Gasteiger partial charge in [-0.1, -0.05) is 0 Å². The summed E-state index contributed by atoms with van der Waals surface area (Å²) in [6, 6.07) is 7.22. The number of amides is 1. The van der Waals surface area contributed by atoms with Crippen LogP contribution in [-0.2, 0) is 4.79 Å². The lowest BCUT2D eigenvalue weighted by atomic mass is 10.0. The molecule has 5 aromatic rings. The molecule has 0 aliphatic carbocycles. The molecule has 0 bridgehead atoms. The summed E-state index contributed by atoms with van der Waals surface area (Å²) < 4.78 is 1.58. The monoisotopic (exact) mass is 471 g/mol. The third-order valence-corrected chi connectivity index (χ3v) is 6.66. The summed E-state index contributed by atoms with van der Waals surface area (Å²) in [5.41, 5.74) is 2.64. The van der Waals surface area contributed by atoms with Crippen LogP contribution >= 0.6 is 0 Å². The summed E-state index contributed by atoms with van der Waals surface area (Å²) in [6.07, 6.45) is 6.01. The van der Waals surface area contributed by atoms with Gasteiger partial charge in [0.2, 0.25) is 5.91 Å². The minimum absolute atomic E-state index is 0.252. The molecule has 35 heavy (non-hydrogen) atoms. The van der Waals surface area contributed by atoms with Crippen LogP contribution in [-0.4, -0.2) is 65.1 Å². The van der Waals surface area contributed by atoms with Gasteiger partial charge in [0.25, 0.3) is 5.56 Å². The normalized spacial score (nSPS) is 14.8. The van der Waals surface area contributed by atoms with E-state index in [4.69, 9.17) is 10.1 Å². The number of aromatic amines is 2. The number of aliphatic hydroxyl groups is 1. The lowest BCUT2D eigenvalue weighted by Crippen LogP contribution is -2.43. The molecular formula is C24H21N7O4. The van der Waals surface area contributed by atoms with Gasteiger partial charge in [-0.3, -0.25) is 24.1 Å². The Labute approximate surface area is 197 Å². The van der Waals surface area contributed by atoms with Gasteiger partial charge in [-0.15, -0.1) is 0 Å². The number of likely N-dealkylation sites (tertiary alicyclic amines) is 1. The van der Waals surface area contributed by atoms with Gasteiger partial charge in [0.1, 0.15) is 17.8 Å². The average molecular weight is 471 g/mol. The van der Waals surface area contributed by atoms with E-state index in [1.54, 1.807) is 15.7 Å². The summed E-state index contributed by atoms with van der Waals surface area (Å²) in [5.74, 6) is -0.337. The highest BCUT2D eigenvalue weighted by Gasteiger charge is 2.27. The van der Waals surface area contributed by atoms with Crippen molar-refractivity contribution < 1.29 is 9.90 Å². The maximum atomic E-state index is 13.1. The molecule has 1 saturated heterocycles. The molecule has 0 aromatic carbocycles. The van der Waals surface area contributed by atoms with Crippen molar-refractivity contribution in [1.29, 1.82) is 0 Å². The molecule has 176 valence electrons. The second kappa shape index (κ2) is 8.13. The summed E-state index contributed by atoms with van der Waals surface area (Å²) in [6.45, 7) is 0.265. The summed E-state index contributed by atoms with van der Waals surface area (Å²) in [7, 11) is 0. The highest BCUT2D eigenvalue weighted by molar-refractivity contribution is 6.02. The standard InChI is InChI=1S/C24H21N7O4/c32-12-19(33)30-8-5-13(6-9-30)31-21-16(23(34)29-24(31)35)11-26-18-4-3-17(28-20(18)21)15-10-27-22-14(15)2-1-7-25-22/h1-4,7,10-11,13,32H,5-6,8-9,12H2,(H,25,27)(H,29,34,35). The highest BCUT2D eigenvalue weighted by atomic mass is 16.3. The first-order valence-electron chi connectivity index (χ1n) is 11.3. The van der Waals surface area contributed by atoms with Gasteiger partial charge in [-0.2, -0.15) is 0 Å². The molecule has 0 spiro atoms. The first-order valence-corrected chi connectivity index (χ1v) is 11.3. The molecule has 6 heterocycles. The van der Waals surface area contributed by atoms with E-state index in [2.05, 4.69) is 19.9 Å². The number of fused-ring (bicyclic) bond motifs is 4. The van der Waals surface area contributed by atoms with E-state index in [9.17, 15) is 14.4 Å². The van der Waals surface area contributed by atoms with Crippen LogP contribution in [0.5, 0.6) is 0 Å². The van der Waals surface area contributed by atoms with E-state index in [1.807, 2.05) is 30.5 Å². The van der Waals surface area contributed by atoms with Gasteiger partial charge >= 0.3 is 5.69 Å². The Morgan fingerprint density at radius 2 is 1.94 bits per heavy atom. The maximum absolute atomic E-state index is 13.1. The Morgan fingerprint density at radius 3 is 2.74 bits per heavy atom. The minimum Gasteiger partial charge on any atom is -0.387 e. The summed E-state index contributed by atoms with van der Waals surface area (Å²) >= 11 is 0. The van der Waals surface area contributed by atoms with Gasteiger partial charge in [0.05, 0.1) is 22.1 Å². The molecule has 0 unspecified atom stereocenters. The number of carbonyl (C=O) groups is 1. The molecule has 11 nitrogen and oxygen atoms in total. The number of aliphatic hydroxyl groups excluding tert-OH is 1. The first kappa shape index (κ1) is 21.2. The molecule has 1 aliphatic heterocycles. The molecule has 0 saturated carbocycles. The fourth-order valence-electron chi connectivity index (χ4n) is 4.93. The molecule has 5 aromatic heterocycles. The van der Waals surface area contributed by atoms with Crippen molar-refractivity contribution in [2.75, 3.05) is 19.7 Å². The van der Waals surface area contributed by atoms with Crippen molar-refractivity contribution in [3.63, 3.8) is 0 Å². The van der Waals surface area contributed by atoms with Crippen LogP contribution in [0.25, 0.3) is 44.2 Å². The predicted molar refractivity (Wildman–Crippen MR) is 129 cm³/mol. The largest absolute Gasteiger partial charge is 0.387 e. The molecule has 1 amide bonds. The zero-order valence-electron chi connectivity index (χ0n) is 18.6. The number of aromatic nitrogens is 6. The van der Waals surface area contributed by atoms with E-state index in [0.717, 1.165) is 16.6 Å². The zero-order valence-corrected chi connectivity index (χ0v) is 18.6. The van der Waals surface area contributed by atoms with Gasteiger partial charge in [-0.25, -0.2) is 14.8 Å². The Kier molecular flexibility index (Phi) is 4.92. The minimum atomic E-state index is -0.543. The van der Waals surface area contributed by atoms with E-state index in [0.29, 0.717) is 48.2 Å². The third-order valence-electron chi connectivity index (χ3n) is 6.66. The van der Waals surface area contributed by atoms with Gasteiger partial charge in [0.15, 0.2) is 0 Å². The highest BCUT2D eigenvalue weighted by Crippen LogP contribution is 2.31. The fourth-order valence-corrected chi connectivity index (χ4v) is 4.93. The van der Waals surface area contributed by atoms with Gasteiger partial charge < -0.3 is 15.0 Å². The number of carbonyl (C=O) groups excluding carboxylic acids is 1. The lowest BCUT2D eigenvalue weighted by molar-refractivity contribution is -0.135. The number of hydrogen-bond acceptors (Lipinski definition) is 7. The van der Waals surface area contributed by atoms with Crippen LogP contribution in [0.2, 0.25) is 0 Å². The van der Waals surface area contributed by atoms with Crippen LogP contribution in [0, 0.1) is 0 Å². The molecule has 0 atom stereocenters. The fraction of sp³-hybridized carbons (Fsp3) is 0.250. The molecule has 3 N–H and O–H groups in total. The molecule has 11 heteroatoms. The number of piperidine rings is 1. The SMILES string of the molecule is O=C(CO)N1CCC(n2c(=O)[nH]c(=O)c3cnc4ccc(-c5c[nH]c6ncccc56)nc4c32)CC1.